The third-order valence-electron chi connectivity index (χ3n) is 3.66. The number of hydrogen-bond donors (Lipinski definition) is 2. The summed E-state index contributed by atoms with van der Waals surface area (Å²) in [7, 11) is 2.19. The van der Waals surface area contributed by atoms with Gasteiger partial charge in [-0.2, -0.15) is 0 Å². The highest BCUT2D eigenvalue weighted by Crippen LogP contribution is 2.26. The molecular weight excluding hydrogens is 140 g/mol. The number of nitrogens with one attached hydrogen (secondary N) is 1. The van der Waals surface area contributed by atoms with Crippen LogP contribution in [0.1, 0.15) is 6.42 Å². The van der Waals surface area contributed by atoms with Crippen molar-refractivity contribution >= 4 is 0 Å². The van der Waals surface area contributed by atoms with Crippen molar-refractivity contribution in [2.24, 2.45) is 0 Å². The van der Waals surface area contributed by atoms with Gasteiger partial charge in [0.15, 0.2) is 18.2 Å². The van der Waals surface area contributed by atoms with E-state index in [0.717, 1.165) is 12.1 Å². The Hall–Kier alpha value is -0.120. The zero-order chi connectivity index (χ0) is 7.42. The lowest BCUT2D eigenvalue weighted by Crippen LogP contribution is -3.15. The van der Waals surface area contributed by atoms with E-state index in [9.17, 15) is 0 Å². The second-order valence-corrected chi connectivity index (χ2v) is 4.05. The van der Waals surface area contributed by atoms with Crippen molar-refractivity contribution in [1.29, 1.82) is 0 Å². The van der Waals surface area contributed by atoms with E-state index >= 15 is 0 Å². The highest BCUT2D eigenvalue weighted by atomic mass is 16.5. The molecule has 3 aliphatic heterocycles. The maximum Gasteiger partial charge on any atom is 0.173 e. The van der Waals surface area contributed by atoms with Gasteiger partial charge in [0.2, 0.25) is 0 Å². The van der Waals surface area contributed by atoms with Crippen LogP contribution >= 0.6 is 0 Å². The van der Waals surface area contributed by atoms with Crippen LogP contribution in [-0.4, -0.2) is 44.4 Å². The summed E-state index contributed by atoms with van der Waals surface area (Å²) in [5, 5.41) is 2.35. The van der Waals surface area contributed by atoms with E-state index in [-0.39, 0.29) is 0 Å². The van der Waals surface area contributed by atoms with E-state index in [1.54, 1.807) is 0 Å². The van der Waals surface area contributed by atoms with E-state index in [4.69, 9.17) is 4.74 Å². The van der Waals surface area contributed by atoms with Crippen LogP contribution in [0.25, 0.3) is 0 Å². The first-order chi connectivity index (χ1) is 5.40. The molecule has 3 N–H and O–H groups in total. The Labute approximate surface area is 66.7 Å². The second-order valence-electron chi connectivity index (χ2n) is 4.05. The lowest BCUT2D eigenvalue weighted by molar-refractivity contribution is -0.915. The first-order valence-corrected chi connectivity index (χ1v) is 4.69. The average Bonchev–Trinajstić information content (AvgIpc) is 2.55. The van der Waals surface area contributed by atoms with E-state index in [2.05, 4.69) is 12.4 Å². The topological polar surface area (TPSA) is 30.3 Å². The van der Waals surface area contributed by atoms with Gasteiger partial charge in [0.05, 0.1) is 13.6 Å². The van der Waals surface area contributed by atoms with Crippen LogP contribution in [0.15, 0.2) is 0 Å². The van der Waals surface area contributed by atoms with Gasteiger partial charge in [0.25, 0.3) is 0 Å². The number of ether oxygens (including phenoxy) is 1. The lowest BCUT2D eigenvalue weighted by atomic mass is 10.1. The van der Waals surface area contributed by atoms with Crippen molar-refractivity contribution in [2.45, 2.75) is 30.7 Å². The van der Waals surface area contributed by atoms with E-state index in [1.165, 1.54) is 19.5 Å². The first-order valence-electron chi connectivity index (χ1n) is 4.69. The minimum atomic E-state index is 0.576. The summed E-state index contributed by atoms with van der Waals surface area (Å²) < 4.78 is 5.90. The minimum Gasteiger partial charge on any atom is -0.356 e. The smallest absolute Gasteiger partial charge is 0.173 e. The molecule has 11 heavy (non-hydrogen) atoms. The summed E-state index contributed by atoms with van der Waals surface area (Å²) in [5.74, 6) is 0. The summed E-state index contributed by atoms with van der Waals surface area (Å²) in [6.07, 6.45) is 2.50. The Bertz CT molecular complexity index is 171. The number of hydrogen-bond acceptors (Lipinski definition) is 1. The predicted molar refractivity (Wildman–Crippen MR) is 39.4 cm³/mol. The Kier molecular flexibility index (Phi) is 1.15. The molecule has 5 atom stereocenters. The molecule has 3 heterocycles. The van der Waals surface area contributed by atoms with Gasteiger partial charge in [-0.15, -0.1) is 0 Å². The van der Waals surface area contributed by atoms with Gasteiger partial charge < -0.3 is 15.0 Å². The molecule has 0 radical (unpaired) electrons. The number of rotatable bonds is 1. The van der Waals surface area contributed by atoms with Crippen molar-refractivity contribution < 1.29 is 15.0 Å². The van der Waals surface area contributed by atoms with Crippen LogP contribution in [0.4, 0.5) is 0 Å². The zero-order valence-corrected chi connectivity index (χ0v) is 6.92. The highest BCUT2D eigenvalue weighted by Gasteiger charge is 2.62. The molecule has 3 heteroatoms. The molecule has 3 aliphatic rings. The van der Waals surface area contributed by atoms with Crippen LogP contribution in [0.2, 0.25) is 0 Å². The number of likely N-dealkylation sites (N-methyl/N-ethyl adjacent to an activating group) is 1. The first kappa shape index (κ1) is 6.40. The Morgan fingerprint density at radius 3 is 3.00 bits per heavy atom. The molecule has 0 saturated carbocycles. The molecule has 0 aromatic carbocycles. The Balaban J connectivity index is 1.93. The summed E-state index contributed by atoms with van der Waals surface area (Å²) in [4.78, 5) is 1.81. The fraction of sp³-hybridized carbons (Fsp3) is 1.00. The van der Waals surface area contributed by atoms with Gasteiger partial charge >= 0.3 is 0 Å². The molecule has 2 bridgehead atoms. The summed E-state index contributed by atoms with van der Waals surface area (Å²) in [6, 6.07) is 1.61. The fourth-order valence-electron chi connectivity index (χ4n) is 3.26. The normalized spacial score (nSPS) is 59.2. The van der Waals surface area contributed by atoms with Gasteiger partial charge in [-0.1, -0.05) is 0 Å². The maximum absolute atomic E-state index is 5.90. The van der Waals surface area contributed by atoms with Crippen LogP contribution < -0.4 is 10.2 Å². The fourth-order valence-corrected chi connectivity index (χ4v) is 3.26. The van der Waals surface area contributed by atoms with Crippen LogP contribution in [-0.2, 0) is 4.74 Å². The summed E-state index contributed by atoms with van der Waals surface area (Å²) in [5.41, 5.74) is 0. The molecule has 0 aromatic heterocycles. The quantitative estimate of drug-likeness (QED) is 0.416. The number of nitrogens with two attached hydrogens (primary N) is 1. The maximum atomic E-state index is 5.90. The predicted octanol–water partition coefficient (Wildman–Crippen LogP) is -3.01. The highest BCUT2D eigenvalue weighted by molar-refractivity contribution is 4.97. The standard InChI is InChI=1S/C8H14N2O/c1-9-7-6-4-10-3-2-5(11-6)8(7)10/h5-9H,2-4H2,1H3/p+2/t5-,6+,7-,8+/m1/s1. The summed E-state index contributed by atoms with van der Waals surface area (Å²) in [6.45, 7) is 2.63. The van der Waals surface area contributed by atoms with Crippen molar-refractivity contribution in [3.05, 3.63) is 0 Å². The van der Waals surface area contributed by atoms with E-state index in [0.29, 0.717) is 12.2 Å². The van der Waals surface area contributed by atoms with Crippen molar-refractivity contribution in [2.75, 3.05) is 20.1 Å². The Morgan fingerprint density at radius 2 is 2.36 bits per heavy atom. The van der Waals surface area contributed by atoms with Gasteiger partial charge in [-0.05, 0) is 0 Å². The van der Waals surface area contributed by atoms with E-state index in [1.807, 2.05) is 4.90 Å². The molecule has 0 amide bonds. The van der Waals surface area contributed by atoms with Gasteiger partial charge in [-0.3, -0.25) is 0 Å². The van der Waals surface area contributed by atoms with Crippen molar-refractivity contribution in [3.63, 3.8) is 0 Å². The SMILES string of the molecule is C[NH2+][C@H]1[C@@H]2[C@H]3CC[NH+]2C[C@@H]1O3. The molecule has 3 fully saturated rings. The largest absolute Gasteiger partial charge is 0.356 e. The third-order valence-corrected chi connectivity index (χ3v) is 3.66. The molecule has 3 nitrogen and oxygen atoms in total. The third kappa shape index (κ3) is 0.643. The number of fused-ring (bicyclic) bond motifs is 1. The Morgan fingerprint density at radius 1 is 1.45 bits per heavy atom. The monoisotopic (exact) mass is 156 g/mol. The molecule has 1 unspecified atom stereocenters. The molecule has 0 aromatic rings. The van der Waals surface area contributed by atoms with E-state index < -0.39 is 0 Å². The van der Waals surface area contributed by atoms with Crippen molar-refractivity contribution in [3.8, 4) is 0 Å². The molecule has 62 valence electrons. The minimum absolute atomic E-state index is 0.576. The van der Waals surface area contributed by atoms with Gasteiger partial charge in [0, 0.05) is 6.42 Å². The van der Waals surface area contributed by atoms with Crippen LogP contribution in [0.5, 0.6) is 0 Å². The van der Waals surface area contributed by atoms with Crippen molar-refractivity contribution in [1.82, 2.24) is 0 Å². The number of quaternary nitrogens is 2. The molecule has 3 rings (SSSR count). The van der Waals surface area contributed by atoms with Gasteiger partial charge in [-0.25, -0.2) is 0 Å². The summed E-state index contributed by atoms with van der Waals surface area (Å²) >= 11 is 0. The van der Waals surface area contributed by atoms with Crippen LogP contribution in [0.3, 0.4) is 0 Å². The average molecular weight is 156 g/mol. The zero-order valence-electron chi connectivity index (χ0n) is 6.92. The molecule has 0 aliphatic carbocycles. The van der Waals surface area contributed by atoms with Crippen LogP contribution in [0, 0.1) is 0 Å². The molecule has 0 spiro atoms. The molecule has 3 saturated heterocycles. The lowest BCUT2D eigenvalue weighted by Gasteiger charge is -2.17. The van der Waals surface area contributed by atoms with Gasteiger partial charge in [0.1, 0.15) is 12.6 Å². The number of morpholine rings is 1. The molecular formula is C8H16N2O+2. The second kappa shape index (κ2) is 1.97.